The summed E-state index contributed by atoms with van der Waals surface area (Å²) in [7, 11) is 0. The van der Waals surface area contributed by atoms with E-state index in [1.165, 1.54) is 17.2 Å². The zero-order valence-electron chi connectivity index (χ0n) is 9.67. The summed E-state index contributed by atoms with van der Waals surface area (Å²) >= 11 is 0. The molecule has 0 amide bonds. The molecule has 1 aromatic rings. The van der Waals surface area contributed by atoms with Crippen LogP contribution < -0.4 is 5.32 Å². The van der Waals surface area contributed by atoms with Gasteiger partial charge in [0.15, 0.2) is 5.92 Å². The summed E-state index contributed by atoms with van der Waals surface area (Å²) in [6.07, 6.45) is -3.55. The lowest BCUT2D eigenvalue weighted by Gasteiger charge is -2.30. The number of alkyl halides is 3. The summed E-state index contributed by atoms with van der Waals surface area (Å²) in [5.74, 6) is -1.65. The van der Waals surface area contributed by atoms with E-state index in [0.717, 1.165) is 6.42 Å². The highest BCUT2D eigenvalue weighted by Crippen LogP contribution is 2.34. The van der Waals surface area contributed by atoms with E-state index in [4.69, 9.17) is 5.26 Å². The average Bonchev–Trinajstić information content (AvgIpc) is 2.28. The fraction of sp³-hybridized carbons (Fsp3) is 0.462. The molecule has 1 aromatic carbocycles. The molecular weight excluding hydrogens is 241 g/mol. The van der Waals surface area contributed by atoms with Crippen molar-refractivity contribution in [2.75, 3.05) is 13.1 Å². The molecule has 1 N–H and O–H groups in total. The third kappa shape index (κ3) is 2.65. The van der Waals surface area contributed by atoms with Crippen molar-refractivity contribution in [3.05, 3.63) is 35.4 Å². The molecule has 0 spiro atoms. The van der Waals surface area contributed by atoms with Crippen LogP contribution in [-0.4, -0.2) is 19.3 Å². The maximum absolute atomic E-state index is 12.3. The quantitative estimate of drug-likeness (QED) is 0.896. The van der Waals surface area contributed by atoms with Gasteiger partial charge >= 0.3 is 6.18 Å². The fourth-order valence-electron chi connectivity index (χ4n) is 2.18. The van der Waals surface area contributed by atoms with Gasteiger partial charge in [-0.3, -0.25) is 0 Å². The minimum absolute atomic E-state index is 0.272. The summed E-state index contributed by atoms with van der Waals surface area (Å²) in [6.45, 7) is 0.157. The van der Waals surface area contributed by atoms with Crippen LogP contribution in [0.2, 0.25) is 0 Å². The van der Waals surface area contributed by atoms with Gasteiger partial charge in [0.2, 0.25) is 0 Å². The fourth-order valence-corrected chi connectivity index (χ4v) is 2.18. The average molecular weight is 254 g/mol. The maximum Gasteiger partial charge on any atom is 0.405 e. The standard InChI is InChI=1S/C13H13F3N2/c14-13(15,16)11(6-17)8-18-7-10-5-9-3-1-2-4-12(9)10/h1-4,10-11,18H,5,7-8H2. The number of halogens is 3. The molecule has 0 fully saturated rings. The lowest BCUT2D eigenvalue weighted by molar-refractivity contribution is -0.157. The van der Waals surface area contributed by atoms with Gasteiger partial charge in [0.05, 0.1) is 6.07 Å². The minimum Gasteiger partial charge on any atom is -0.314 e. The Kier molecular flexibility index (Phi) is 3.58. The Balaban J connectivity index is 1.80. The normalized spacial score (nSPS) is 19.6. The number of hydrogen-bond donors (Lipinski definition) is 1. The maximum atomic E-state index is 12.3. The summed E-state index contributed by atoms with van der Waals surface area (Å²) < 4.78 is 37.0. The van der Waals surface area contributed by atoms with Gasteiger partial charge in [-0.1, -0.05) is 24.3 Å². The Morgan fingerprint density at radius 3 is 2.72 bits per heavy atom. The molecule has 0 saturated heterocycles. The second kappa shape index (κ2) is 4.99. The van der Waals surface area contributed by atoms with Crippen molar-refractivity contribution in [3.8, 4) is 6.07 Å². The Morgan fingerprint density at radius 2 is 2.11 bits per heavy atom. The Bertz CT molecular complexity index is 462. The van der Waals surface area contributed by atoms with Gasteiger partial charge in [-0.2, -0.15) is 18.4 Å². The molecule has 0 radical (unpaired) electrons. The van der Waals surface area contributed by atoms with Crippen molar-refractivity contribution >= 4 is 0 Å². The van der Waals surface area contributed by atoms with Gasteiger partial charge in [-0.25, -0.2) is 0 Å². The Labute approximate surface area is 103 Å². The smallest absolute Gasteiger partial charge is 0.314 e. The van der Waals surface area contributed by atoms with Crippen LogP contribution in [0.15, 0.2) is 24.3 Å². The Hall–Kier alpha value is -1.54. The highest BCUT2D eigenvalue weighted by atomic mass is 19.4. The lowest BCUT2D eigenvalue weighted by Crippen LogP contribution is -2.36. The molecule has 2 atom stereocenters. The Morgan fingerprint density at radius 1 is 1.39 bits per heavy atom. The van der Waals surface area contributed by atoms with Gasteiger partial charge in [-0.15, -0.1) is 0 Å². The molecule has 0 saturated carbocycles. The summed E-state index contributed by atoms with van der Waals surface area (Å²) in [6, 6.07) is 9.19. The molecule has 0 bridgehead atoms. The first kappa shape index (κ1) is 12.9. The van der Waals surface area contributed by atoms with Crippen LogP contribution in [-0.2, 0) is 6.42 Å². The van der Waals surface area contributed by atoms with Crippen molar-refractivity contribution in [2.45, 2.75) is 18.5 Å². The molecule has 1 aliphatic rings. The predicted octanol–water partition coefficient (Wildman–Crippen LogP) is 2.62. The topological polar surface area (TPSA) is 35.8 Å². The van der Waals surface area contributed by atoms with Crippen molar-refractivity contribution in [1.29, 1.82) is 5.26 Å². The highest BCUT2D eigenvalue weighted by molar-refractivity contribution is 5.40. The number of rotatable bonds is 4. The molecular formula is C13H13F3N2. The molecule has 5 heteroatoms. The van der Waals surface area contributed by atoms with Gasteiger partial charge in [0.1, 0.15) is 0 Å². The van der Waals surface area contributed by atoms with Crippen molar-refractivity contribution in [1.82, 2.24) is 5.32 Å². The van der Waals surface area contributed by atoms with E-state index in [-0.39, 0.29) is 12.5 Å². The number of nitrogens with zero attached hydrogens (tertiary/aromatic N) is 1. The highest BCUT2D eigenvalue weighted by Gasteiger charge is 2.39. The van der Waals surface area contributed by atoms with Crippen molar-refractivity contribution in [2.24, 2.45) is 5.92 Å². The van der Waals surface area contributed by atoms with Crippen LogP contribution in [0.3, 0.4) is 0 Å². The van der Waals surface area contributed by atoms with E-state index in [2.05, 4.69) is 5.32 Å². The first-order valence-corrected chi connectivity index (χ1v) is 5.77. The summed E-state index contributed by atoms with van der Waals surface area (Å²) in [5, 5.41) is 11.2. The molecule has 1 aliphatic carbocycles. The van der Waals surface area contributed by atoms with Gasteiger partial charge in [0.25, 0.3) is 0 Å². The van der Waals surface area contributed by atoms with Crippen LogP contribution >= 0.6 is 0 Å². The zero-order chi connectivity index (χ0) is 13.2. The van der Waals surface area contributed by atoms with Crippen molar-refractivity contribution in [3.63, 3.8) is 0 Å². The van der Waals surface area contributed by atoms with E-state index in [1.807, 2.05) is 24.3 Å². The third-order valence-electron chi connectivity index (χ3n) is 3.25. The number of nitriles is 1. The first-order valence-electron chi connectivity index (χ1n) is 5.77. The van der Waals surface area contributed by atoms with Crippen LogP contribution in [0.4, 0.5) is 13.2 Å². The van der Waals surface area contributed by atoms with E-state index in [9.17, 15) is 13.2 Å². The van der Waals surface area contributed by atoms with E-state index in [0.29, 0.717) is 6.54 Å². The molecule has 0 heterocycles. The van der Waals surface area contributed by atoms with E-state index >= 15 is 0 Å². The van der Waals surface area contributed by atoms with Gasteiger partial charge in [0, 0.05) is 19.0 Å². The van der Waals surface area contributed by atoms with Crippen LogP contribution in [0, 0.1) is 17.2 Å². The number of fused-ring (bicyclic) bond motifs is 1. The number of hydrogen-bond acceptors (Lipinski definition) is 2. The van der Waals surface area contributed by atoms with Crippen LogP contribution in [0.1, 0.15) is 17.0 Å². The molecule has 0 aliphatic heterocycles. The SMILES string of the molecule is N#CC(CNCC1Cc2ccccc21)C(F)(F)F. The number of benzene rings is 1. The van der Waals surface area contributed by atoms with Crippen LogP contribution in [0.5, 0.6) is 0 Å². The largest absolute Gasteiger partial charge is 0.405 e. The van der Waals surface area contributed by atoms with Gasteiger partial charge < -0.3 is 5.32 Å². The van der Waals surface area contributed by atoms with Crippen molar-refractivity contribution < 1.29 is 13.2 Å². The second-order valence-corrected chi connectivity index (χ2v) is 4.48. The zero-order valence-corrected chi connectivity index (χ0v) is 9.67. The molecule has 96 valence electrons. The molecule has 2 nitrogen and oxygen atoms in total. The summed E-state index contributed by atoms with van der Waals surface area (Å²) in [4.78, 5) is 0. The number of nitrogens with one attached hydrogen (secondary N) is 1. The summed E-state index contributed by atoms with van der Waals surface area (Å²) in [5.41, 5.74) is 2.46. The molecule has 2 unspecified atom stereocenters. The minimum atomic E-state index is -4.45. The van der Waals surface area contributed by atoms with Crippen LogP contribution in [0.25, 0.3) is 0 Å². The van der Waals surface area contributed by atoms with Gasteiger partial charge in [-0.05, 0) is 17.5 Å². The van der Waals surface area contributed by atoms with E-state index in [1.54, 1.807) is 0 Å². The predicted molar refractivity (Wildman–Crippen MR) is 60.9 cm³/mol. The second-order valence-electron chi connectivity index (χ2n) is 4.48. The first-order chi connectivity index (χ1) is 8.52. The molecule has 2 rings (SSSR count). The monoisotopic (exact) mass is 254 g/mol. The lowest BCUT2D eigenvalue weighted by atomic mass is 9.77. The molecule has 18 heavy (non-hydrogen) atoms. The third-order valence-corrected chi connectivity index (χ3v) is 3.25. The molecule has 0 aromatic heterocycles. The van der Waals surface area contributed by atoms with E-state index < -0.39 is 12.1 Å².